The van der Waals surface area contributed by atoms with Gasteiger partial charge in [-0.05, 0) is 91.3 Å². The summed E-state index contributed by atoms with van der Waals surface area (Å²) in [5.41, 5.74) is 0.108. The van der Waals surface area contributed by atoms with Gasteiger partial charge in [-0.2, -0.15) is 0 Å². The van der Waals surface area contributed by atoms with Crippen LogP contribution < -0.4 is 0 Å². The van der Waals surface area contributed by atoms with Crippen molar-refractivity contribution in [3.05, 3.63) is 6.92 Å². The minimum atomic E-state index is -0.267. The Kier molecular flexibility index (Phi) is 5.22. The molecule has 4 rings (SSSR count). The van der Waals surface area contributed by atoms with Crippen LogP contribution in [0.15, 0.2) is 0 Å². The van der Waals surface area contributed by atoms with E-state index in [1.54, 1.807) is 0 Å². The van der Waals surface area contributed by atoms with Gasteiger partial charge in [0, 0.05) is 0 Å². The maximum atomic E-state index is 11.5. The molecule has 3 nitrogen and oxygen atoms in total. The first kappa shape index (κ1) is 20.2. The zero-order chi connectivity index (χ0) is 19.6. The number of aliphatic hydroxyl groups is 3. The SMILES string of the molecule is [CH2]CC[C@@H](C)[C@H]1CC[C@H]2[C@@H]3C(O)C[C@@H]4CC(O)CC[C@]4(C)[C@H]3CC(O)[C@]12C. The van der Waals surface area contributed by atoms with E-state index in [0.717, 1.165) is 51.4 Å². The predicted molar refractivity (Wildman–Crippen MR) is 108 cm³/mol. The minimum absolute atomic E-state index is 0.0614. The first-order valence-corrected chi connectivity index (χ1v) is 11.6. The lowest BCUT2D eigenvalue weighted by atomic mass is 9.43. The molecule has 0 heterocycles. The van der Waals surface area contributed by atoms with Gasteiger partial charge in [-0.15, -0.1) is 0 Å². The van der Waals surface area contributed by atoms with Crippen molar-refractivity contribution in [1.82, 2.24) is 0 Å². The van der Waals surface area contributed by atoms with Gasteiger partial charge in [0.15, 0.2) is 0 Å². The molecule has 0 bridgehead atoms. The molecule has 3 unspecified atom stereocenters. The Hall–Kier alpha value is -0.120. The summed E-state index contributed by atoms with van der Waals surface area (Å²) in [7, 11) is 0. The third-order valence-corrected chi connectivity index (χ3v) is 10.2. The fourth-order valence-corrected chi connectivity index (χ4v) is 8.65. The van der Waals surface area contributed by atoms with Gasteiger partial charge in [0.1, 0.15) is 0 Å². The molecule has 0 aromatic heterocycles. The van der Waals surface area contributed by atoms with E-state index >= 15 is 0 Å². The van der Waals surface area contributed by atoms with Gasteiger partial charge >= 0.3 is 0 Å². The van der Waals surface area contributed by atoms with Gasteiger partial charge in [-0.3, -0.25) is 0 Å². The van der Waals surface area contributed by atoms with Crippen molar-refractivity contribution in [1.29, 1.82) is 0 Å². The summed E-state index contributed by atoms with van der Waals surface area (Å²) < 4.78 is 0. The van der Waals surface area contributed by atoms with Crippen molar-refractivity contribution in [3.8, 4) is 0 Å². The van der Waals surface area contributed by atoms with E-state index in [1.807, 2.05) is 0 Å². The average Bonchev–Trinajstić information content (AvgIpc) is 2.96. The molecule has 0 spiro atoms. The third-order valence-electron chi connectivity index (χ3n) is 10.2. The molecule has 4 saturated carbocycles. The highest BCUT2D eigenvalue weighted by atomic mass is 16.3. The van der Waals surface area contributed by atoms with Crippen LogP contribution in [0.2, 0.25) is 0 Å². The molecule has 3 heteroatoms. The van der Waals surface area contributed by atoms with E-state index in [4.69, 9.17) is 0 Å². The normalized spacial score (nSPS) is 56.1. The largest absolute Gasteiger partial charge is 0.393 e. The zero-order valence-corrected chi connectivity index (χ0v) is 17.6. The third kappa shape index (κ3) is 2.86. The Balaban J connectivity index is 1.66. The summed E-state index contributed by atoms with van der Waals surface area (Å²) in [5, 5.41) is 32.9. The Morgan fingerprint density at radius 3 is 2.44 bits per heavy atom. The van der Waals surface area contributed by atoms with Gasteiger partial charge < -0.3 is 15.3 Å². The predicted octanol–water partition coefficient (Wildman–Crippen LogP) is 4.20. The smallest absolute Gasteiger partial charge is 0.0602 e. The van der Waals surface area contributed by atoms with Crippen molar-refractivity contribution in [2.24, 2.45) is 46.3 Å². The summed E-state index contributed by atoms with van der Waals surface area (Å²) in [6, 6.07) is 0. The van der Waals surface area contributed by atoms with Crippen LogP contribution in [0.25, 0.3) is 0 Å². The van der Waals surface area contributed by atoms with Crippen LogP contribution in [-0.4, -0.2) is 33.6 Å². The van der Waals surface area contributed by atoms with Crippen molar-refractivity contribution < 1.29 is 15.3 Å². The highest BCUT2D eigenvalue weighted by Gasteiger charge is 2.65. The van der Waals surface area contributed by atoms with E-state index in [9.17, 15) is 15.3 Å². The van der Waals surface area contributed by atoms with Crippen LogP contribution in [0.1, 0.15) is 78.6 Å². The van der Waals surface area contributed by atoms with Crippen molar-refractivity contribution in [3.63, 3.8) is 0 Å². The van der Waals surface area contributed by atoms with Crippen LogP contribution in [0, 0.1) is 53.3 Å². The molecule has 0 saturated heterocycles. The first-order chi connectivity index (χ1) is 12.7. The van der Waals surface area contributed by atoms with Gasteiger partial charge in [-0.1, -0.05) is 40.5 Å². The second kappa shape index (κ2) is 6.99. The summed E-state index contributed by atoms with van der Waals surface area (Å²) >= 11 is 0. The van der Waals surface area contributed by atoms with Crippen molar-refractivity contribution in [2.45, 2.75) is 96.9 Å². The lowest BCUT2D eigenvalue weighted by Crippen LogP contribution is -2.62. The van der Waals surface area contributed by atoms with Crippen LogP contribution >= 0.6 is 0 Å². The highest BCUT2D eigenvalue weighted by Crippen LogP contribution is 2.68. The van der Waals surface area contributed by atoms with Crippen LogP contribution in [0.3, 0.4) is 0 Å². The van der Waals surface area contributed by atoms with Gasteiger partial charge in [-0.25, -0.2) is 0 Å². The van der Waals surface area contributed by atoms with Gasteiger partial charge in [0.2, 0.25) is 0 Å². The number of aliphatic hydroxyl groups excluding tert-OH is 3. The monoisotopic (exact) mass is 377 g/mol. The first-order valence-electron chi connectivity index (χ1n) is 11.6. The number of fused-ring (bicyclic) bond motifs is 5. The summed E-state index contributed by atoms with van der Waals surface area (Å²) in [6.07, 6.45) is 8.15. The number of hydrogen-bond donors (Lipinski definition) is 3. The topological polar surface area (TPSA) is 60.7 Å². The van der Waals surface area contributed by atoms with E-state index in [2.05, 4.69) is 27.7 Å². The molecule has 0 amide bonds. The summed E-state index contributed by atoms with van der Waals surface area (Å²) in [5.74, 6) is 2.70. The molecule has 155 valence electrons. The number of hydrogen-bond acceptors (Lipinski definition) is 3. The lowest BCUT2D eigenvalue weighted by molar-refractivity contribution is -0.207. The van der Waals surface area contributed by atoms with E-state index in [-0.39, 0.29) is 29.1 Å². The molecular weight excluding hydrogens is 336 g/mol. The highest BCUT2D eigenvalue weighted by molar-refractivity contribution is 5.14. The number of rotatable bonds is 3. The van der Waals surface area contributed by atoms with Crippen molar-refractivity contribution in [2.75, 3.05) is 0 Å². The van der Waals surface area contributed by atoms with Crippen LogP contribution in [-0.2, 0) is 0 Å². The molecule has 4 fully saturated rings. The molecular formula is C24H41O3. The molecule has 0 aromatic carbocycles. The van der Waals surface area contributed by atoms with Crippen molar-refractivity contribution >= 4 is 0 Å². The molecule has 1 radical (unpaired) electrons. The summed E-state index contributed by atoms with van der Waals surface area (Å²) in [6.45, 7) is 11.1. The standard InChI is InChI=1S/C24H41O3/c1-5-6-14(2)17-7-8-18-22-19(13-21(27)24(17,18)4)23(3)10-9-16(25)11-15(23)12-20(22)26/h14-22,25-27H,1,5-13H2,2-4H3/t14-,15+,16?,17-,18+,19+,20?,21?,22+,23+,24-/m1/s1. The Morgan fingerprint density at radius 2 is 1.74 bits per heavy atom. The zero-order valence-electron chi connectivity index (χ0n) is 17.6. The summed E-state index contributed by atoms with van der Waals surface area (Å²) in [4.78, 5) is 0. The second-order valence-electron chi connectivity index (χ2n) is 11.1. The molecule has 27 heavy (non-hydrogen) atoms. The maximum absolute atomic E-state index is 11.5. The molecule has 0 aromatic rings. The van der Waals surface area contributed by atoms with Crippen LogP contribution in [0.4, 0.5) is 0 Å². The quantitative estimate of drug-likeness (QED) is 0.691. The molecule has 4 aliphatic carbocycles. The van der Waals surface area contributed by atoms with E-state index in [0.29, 0.717) is 35.5 Å². The minimum Gasteiger partial charge on any atom is -0.393 e. The Morgan fingerprint density at radius 1 is 1.00 bits per heavy atom. The fourth-order valence-electron chi connectivity index (χ4n) is 8.65. The molecule has 4 aliphatic rings. The van der Waals surface area contributed by atoms with E-state index in [1.165, 1.54) is 6.42 Å². The molecule has 0 aliphatic heterocycles. The van der Waals surface area contributed by atoms with Gasteiger partial charge in [0.25, 0.3) is 0 Å². The van der Waals surface area contributed by atoms with E-state index < -0.39 is 0 Å². The van der Waals surface area contributed by atoms with Crippen LogP contribution in [0.5, 0.6) is 0 Å². The average molecular weight is 378 g/mol. The Bertz CT molecular complexity index is 550. The molecule has 11 atom stereocenters. The molecule has 3 N–H and O–H groups in total. The lowest BCUT2D eigenvalue weighted by Gasteiger charge is -2.63. The maximum Gasteiger partial charge on any atom is 0.0602 e. The Labute approximate surface area is 165 Å². The van der Waals surface area contributed by atoms with Gasteiger partial charge in [0.05, 0.1) is 18.3 Å². The fraction of sp³-hybridized carbons (Fsp3) is 0.958. The second-order valence-corrected chi connectivity index (χ2v) is 11.1.